The molecule has 0 heterocycles. The van der Waals surface area contributed by atoms with Crippen molar-refractivity contribution < 1.29 is 9.18 Å². The quantitative estimate of drug-likeness (QED) is 0.816. The van der Waals surface area contributed by atoms with Gasteiger partial charge in [0, 0.05) is 12.8 Å². The molecule has 2 nitrogen and oxygen atoms in total. The molecule has 0 aliphatic carbocycles. The van der Waals surface area contributed by atoms with E-state index in [1.54, 1.807) is 0 Å². The Morgan fingerprint density at radius 1 is 1.62 bits per heavy atom. The van der Waals surface area contributed by atoms with E-state index in [0.29, 0.717) is 5.56 Å². The molecule has 84 valence electrons. The first-order valence-electron chi connectivity index (χ1n) is 4.70. The fourth-order valence-electron chi connectivity index (χ4n) is 1.22. The molecule has 2 N–H and O–H groups in total. The van der Waals surface area contributed by atoms with Crippen LogP contribution in [0.25, 0.3) is 0 Å². The Morgan fingerprint density at radius 3 is 2.88 bits per heavy atom. The van der Waals surface area contributed by atoms with Gasteiger partial charge in [-0.25, -0.2) is 4.39 Å². The first-order valence-corrected chi connectivity index (χ1v) is 5.08. The monoisotopic (exact) mass is 239 g/mol. The van der Waals surface area contributed by atoms with Crippen LogP contribution in [0, 0.1) is 18.2 Å². The summed E-state index contributed by atoms with van der Waals surface area (Å²) in [7, 11) is 0. The summed E-state index contributed by atoms with van der Waals surface area (Å²) in [5.74, 6) is 1.63. The zero-order valence-electron chi connectivity index (χ0n) is 8.54. The van der Waals surface area contributed by atoms with E-state index in [1.165, 1.54) is 18.2 Å². The maximum atomic E-state index is 12.8. The Bertz CT molecular complexity index is 439. The zero-order valence-corrected chi connectivity index (χ0v) is 9.30. The fourth-order valence-corrected chi connectivity index (χ4v) is 1.43. The molecular weight excluding hydrogens is 229 g/mol. The minimum atomic E-state index is -0.672. The molecule has 0 fully saturated rings. The summed E-state index contributed by atoms with van der Waals surface area (Å²) in [6.07, 6.45) is 5.37. The highest BCUT2D eigenvalue weighted by Gasteiger charge is 2.13. The van der Waals surface area contributed by atoms with Crippen molar-refractivity contribution in [1.29, 1.82) is 0 Å². The SMILES string of the molecule is C#CCC(N)C(=O)Cc1ccc(F)c(Cl)c1. The van der Waals surface area contributed by atoms with Gasteiger partial charge in [0.25, 0.3) is 0 Å². The molecule has 1 unspecified atom stereocenters. The first kappa shape index (κ1) is 12.7. The van der Waals surface area contributed by atoms with Crippen molar-refractivity contribution >= 4 is 17.4 Å². The molecule has 0 aliphatic rings. The molecule has 0 amide bonds. The number of terminal acetylenes is 1. The standard InChI is InChI=1S/C12H11ClFNO/c1-2-3-11(15)12(16)7-8-4-5-10(14)9(13)6-8/h1,4-6,11H,3,7,15H2. The predicted octanol–water partition coefficient (Wildman–Crippen LogP) is 1.94. The summed E-state index contributed by atoms with van der Waals surface area (Å²) < 4.78 is 12.8. The molecule has 0 saturated carbocycles. The van der Waals surface area contributed by atoms with Crippen LogP contribution in [0.15, 0.2) is 18.2 Å². The van der Waals surface area contributed by atoms with Gasteiger partial charge in [0.15, 0.2) is 5.78 Å². The molecule has 0 aliphatic heterocycles. The van der Waals surface area contributed by atoms with Crippen LogP contribution in [0.4, 0.5) is 4.39 Å². The Hall–Kier alpha value is -1.37. The topological polar surface area (TPSA) is 43.1 Å². The van der Waals surface area contributed by atoms with E-state index >= 15 is 0 Å². The van der Waals surface area contributed by atoms with Crippen molar-refractivity contribution in [3.05, 3.63) is 34.6 Å². The van der Waals surface area contributed by atoms with Gasteiger partial charge >= 0.3 is 0 Å². The van der Waals surface area contributed by atoms with Crippen molar-refractivity contribution in [2.75, 3.05) is 0 Å². The summed E-state index contributed by atoms with van der Waals surface area (Å²) in [5, 5.41) is -0.00387. The van der Waals surface area contributed by atoms with Crippen LogP contribution in [-0.4, -0.2) is 11.8 Å². The summed E-state index contributed by atoms with van der Waals surface area (Å²) in [4.78, 5) is 11.5. The van der Waals surface area contributed by atoms with Crippen molar-refractivity contribution in [3.63, 3.8) is 0 Å². The molecule has 1 atom stereocenters. The van der Waals surface area contributed by atoms with Crippen LogP contribution in [0.2, 0.25) is 5.02 Å². The molecule has 1 aromatic carbocycles. The van der Waals surface area contributed by atoms with E-state index < -0.39 is 11.9 Å². The third kappa shape index (κ3) is 3.34. The number of ketones is 1. The number of nitrogens with two attached hydrogens (primary N) is 1. The van der Waals surface area contributed by atoms with E-state index in [1.807, 2.05) is 0 Å². The summed E-state index contributed by atoms with van der Waals surface area (Å²) in [6.45, 7) is 0. The number of rotatable bonds is 4. The summed E-state index contributed by atoms with van der Waals surface area (Å²) in [6, 6.07) is 3.46. The maximum Gasteiger partial charge on any atom is 0.154 e. The van der Waals surface area contributed by atoms with Gasteiger partial charge in [-0.05, 0) is 17.7 Å². The highest BCUT2D eigenvalue weighted by molar-refractivity contribution is 6.30. The average Bonchev–Trinajstić information content (AvgIpc) is 2.24. The van der Waals surface area contributed by atoms with Gasteiger partial charge in [0.1, 0.15) is 5.82 Å². The average molecular weight is 240 g/mol. The molecule has 4 heteroatoms. The number of Topliss-reactive ketones (excluding diaryl/α,β-unsaturated/α-hetero) is 1. The normalized spacial score (nSPS) is 11.9. The number of benzene rings is 1. The molecular formula is C12H11ClFNO. The van der Waals surface area contributed by atoms with E-state index in [2.05, 4.69) is 5.92 Å². The molecule has 1 rings (SSSR count). The molecule has 0 radical (unpaired) electrons. The van der Waals surface area contributed by atoms with Gasteiger partial charge in [-0.2, -0.15) is 0 Å². The zero-order chi connectivity index (χ0) is 12.1. The number of hydrogen-bond acceptors (Lipinski definition) is 2. The van der Waals surface area contributed by atoms with Crippen LogP contribution < -0.4 is 5.73 Å². The van der Waals surface area contributed by atoms with Gasteiger partial charge in [-0.3, -0.25) is 4.79 Å². The lowest BCUT2D eigenvalue weighted by Gasteiger charge is -2.07. The van der Waals surface area contributed by atoms with Crippen molar-refractivity contribution in [2.24, 2.45) is 5.73 Å². The van der Waals surface area contributed by atoms with Crippen LogP contribution in [0.1, 0.15) is 12.0 Å². The summed E-state index contributed by atoms with van der Waals surface area (Å²) in [5.41, 5.74) is 6.17. The molecule has 0 saturated heterocycles. The highest BCUT2D eigenvalue weighted by atomic mass is 35.5. The van der Waals surface area contributed by atoms with Gasteiger partial charge in [-0.1, -0.05) is 17.7 Å². The second-order valence-electron chi connectivity index (χ2n) is 3.41. The molecule has 1 aromatic rings. The van der Waals surface area contributed by atoms with E-state index in [9.17, 15) is 9.18 Å². The smallest absolute Gasteiger partial charge is 0.154 e. The van der Waals surface area contributed by atoms with E-state index in [4.69, 9.17) is 23.8 Å². The number of halogens is 2. The van der Waals surface area contributed by atoms with Crippen LogP contribution in [0.5, 0.6) is 0 Å². The minimum Gasteiger partial charge on any atom is -0.321 e. The second-order valence-corrected chi connectivity index (χ2v) is 3.81. The largest absolute Gasteiger partial charge is 0.321 e. The Labute approximate surface area is 98.6 Å². The van der Waals surface area contributed by atoms with Gasteiger partial charge < -0.3 is 5.73 Å². The van der Waals surface area contributed by atoms with Gasteiger partial charge in [0.2, 0.25) is 0 Å². The van der Waals surface area contributed by atoms with Crippen LogP contribution >= 0.6 is 11.6 Å². The predicted molar refractivity (Wildman–Crippen MR) is 61.5 cm³/mol. The third-order valence-corrected chi connectivity index (χ3v) is 2.40. The highest BCUT2D eigenvalue weighted by Crippen LogP contribution is 2.16. The third-order valence-electron chi connectivity index (χ3n) is 2.11. The van der Waals surface area contributed by atoms with Gasteiger partial charge in [-0.15, -0.1) is 12.3 Å². The molecule has 0 aromatic heterocycles. The van der Waals surface area contributed by atoms with E-state index in [-0.39, 0.29) is 23.6 Å². The fraction of sp³-hybridized carbons (Fsp3) is 0.250. The Kier molecular flexibility index (Phi) is 4.48. The lowest BCUT2D eigenvalue weighted by atomic mass is 10.0. The first-order chi connectivity index (χ1) is 7.54. The van der Waals surface area contributed by atoms with Crippen molar-refractivity contribution in [2.45, 2.75) is 18.9 Å². The Morgan fingerprint density at radius 2 is 2.31 bits per heavy atom. The van der Waals surface area contributed by atoms with E-state index in [0.717, 1.165) is 0 Å². The van der Waals surface area contributed by atoms with Gasteiger partial charge in [0.05, 0.1) is 11.1 Å². The number of hydrogen-bond donors (Lipinski definition) is 1. The molecule has 0 bridgehead atoms. The van der Waals surface area contributed by atoms with Crippen molar-refractivity contribution in [3.8, 4) is 12.3 Å². The molecule has 0 spiro atoms. The Balaban J connectivity index is 2.70. The lowest BCUT2D eigenvalue weighted by molar-refractivity contribution is -0.119. The molecule has 16 heavy (non-hydrogen) atoms. The summed E-state index contributed by atoms with van der Waals surface area (Å²) >= 11 is 5.59. The maximum absolute atomic E-state index is 12.8. The van der Waals surface area contributed by atoms with Crippen LogP contribution in [-0.2, 0) is 11.2 Å². The second kappa shape index (κ2) is 5.64. The lowest BCUT2D eigenvalue weighted by Crippen LogP contribution is -2.31. The minimum absolute atomic E-state index is 0.00387. The number of carbonyl (C=O) groups is 1. The van der Waals surface area contributed by atoms with Crippen molar-refractivity contribution in [1.82, 2.24) is 0 Å². The van der Waals surface area contributed by atoms with Crippen LogP contribution in [0.3, 0.4) is 0 Å². The number of carbonyl (C=O) groups excluding carboxylic acids is 1.